The molecule has 23 heavy (non-hydrogen) atoms. The predicted octanol–water partition coefficient (Wildman–Crippen LogP) is 7.34. The molecule has 0 saturated heterocycles. The second-order valence-corrected chi connectivity index (χ2v) is 12.3. The van der Waals surface area contributed by atoms with Gasteiger partial charge in [-0.2, -0.15) is 0 Å². The van der Waals surface area contributed by atoms with Crippen molar-refractivity contribution in [2.24, 2.45) is 4.99 Å². The highest BCUT2D eigenvalue weighted by Gasteiger charge is 2.31. The van der Waals surface area contributed by atoms with Gasteiger partial charge in [0, 0.05) is 12.3 Å². The Morgan fingerprint density at radius 3 is 1.96 bits per heavy atom. The van der Waals surface area contributed by atoms with Crippen molar-refractivity contribution >= 4 is 13.8 Å². The van der Waals surface area contributed by atoms with Gasteiger partial charge in [-0.1, -0.05) is 89.9 Å². The SMILES string of the molecule is C/C=C(\C1=NCCCCCCCCCC1)[Si](C)(CCC)CCC. The highest BCUT2D eigenvalue weighted by atomic mass is 28.3. The van der Waals surface area contributed by atoms with Gasteiger partial charge in [-0.25, -0.2) is 0 Å². The molecule has 2 heteroatoms. The quantitative estimate of drug-likeness (QED) is 0.450. The first-order chi connectivity index (χ1) is 11.2. The van der Waals surface area contributed by atoms with Gasteiger partial charge in [-0.15, -0.1) is 0 Å². The van der Waals surface area contributed by atoms with Crippen molar-refractivity contribution in [1.29, 1.82) is 0 Å². The molecule has 1 rings (SSSR count). The summed E-state index contributed by atoms with van der Waals surface area (Å²) in [7, 11) is -1.33. The Bertz CT molecular complexity index is 364. The summed E-state index contributed by atoms with van der Waals surface area (Å²) >= 11 is 0. The molecule has 0 N–H and O–H groups in total. The zero-order chi connectivity index (χ0) is 17.0. The number of hydrogen-bond acceptors (Lipinski definition) is 1. The van der Waals surface area contributed by atoms with E-state index in [-0.39, 0.29) is 0 Å². The lowest BCUT2D eigenvalue weighted by Crippen LogP contribution is -2.37. The lowest BCUT2D eigenvalue weighted by atomic mass is 10.0. The second-order valence-electron chi connectivity index (χ2n) is 7.67. The first kappa shape index (κ1) is 20.7. The Hall–Kier alpha value is -0.373. The lowest BCUT2D eigenvalue weighted by Gasteiger charge is -2.31. The minimum Gasteiger partial charge on any atom is -0.290 e. The van der Waals surface area contributed by atoms with Crippen LogP contribution < -0.4 is 0 Å². The van der Waals surface area contributed by atoms with E-state index >= 15 is 0 Å². The van der Waals surface area contributed by atoms with Crippen molar-refractivity contribution in [3.05, 3.63) is 11.3 Å². The summed E-state index contributed by atoms with van der Waals surface area (Å²) in [6.45, 7) is 10.7. The molecule has 0 saturated carbocycles. The van der Waals surface area contributed by atoms with Crippen molar-refractivity contribution in [1.82, 2.24) is 0 Å². The molecule has 1 nitrogen and oxygen atoms in total. The Morgan fingerprint density at radius 2 is 1.43 bits per heavy atom. The van der Waals surface area contributed by atoms with E-state index in [4.69, 9.17) is 4.99 Å². The molecule has 0 atom stereocenters. The average molecular weight is 336 g/mol. The van der Waals surface area contributed by atoms with Crippen LogP contribution in [-0.2, 0) is 0 Å². The molecular formula is C21H41NSi. The summed E-state index contributed by atoms with van der Waals surface area (Å²) in [6.07, 6.45) is 17.5. The predicted molar refractivity (Wildman–Crippen MR) is 109 cm³/mol. The zero-order valence-electron chi connectivity index (χ0n) is 16.4. The van der Waals surface area contributed by atoms with Crippen molar-refractivity contribution in [2.75, 3.05) is 6.54 Å². The molecule has 0 radical (unpaired) electrons. The first-order valence-electron chi connectivity index (χ1n) is 10.4. The topological polar surface area (TPSA) is 12.4 Å². The molecule has 0 amide bonds. The Labute approximate surface area is 147 Å². The molecular weight excluding hydrogens is 294 g/mol. The Balaban J connectivity index is 2.91. The summed E-state index contributed by atoms with van der Waals surface area (Å²) < 4.78 is 0. The molecule has 0 aliphatic carbocycles. The molecule has 0 fully saturated rings. The lowest BCUT2D eigenvalue weighted by molar-refractivity contribution is 0.569. The fourth-order valence-electron chi connectivity index (χ4n) is 4.34. The maximum absolute atomic E-state index is 5.14. The molecule has 0 aromatic heterocycles. The summed E-state index contributed by atoms with van der Waals surface area (Å²) in [5, 5.41) is 1.71. The van der Waals surface area contributed by atoms with Crippen molar-refractivity contribution in [2.45, 2.75) is 110 Å². The number of nitrogens with zero attached hydrogens (tertiary/aromatic N) is 1. The average Bonchev–Trinajstić information content (AvgIpc) is 2.50. The molecule has 0 bridgehead atoms. The number of hydrogen-bond donors (Lipinski definition) is 0. The van der Waals surface area contributed by atoms with Crippen LogP contribution in [0.5, 0.6) is 0 Å². The van der Waals surface area contributed by atoms with Crippen LogP contribution in [0.15, 0.2) is 16.3 Å². The third-order valence-electron chi connectivity index (χ3n) is 5.48. The largest absolute Gasteiger partial charge is 0.290 e. The van der Waals surface area contributed by atoms with Crippen LogP contribution in [0.4, 0.5) is 0 Å². The fourth-order valence-corrected chi connectivity index (χ4v) is 8.93. The standard InChI is InChI=1S/C21H41NSi/c1-5-18-23(4,19-6-2)21(7-3)20-16-14-12-10-8-9-11-13-15-17-22-20/h7H,5-6,8-19H2,1-4H3/b21-7+,22-20?. The van der Waals surface area contributed by atoms with Gasteiger partial charge in [0.1, 0.15) is 0 Å². The van der Waals surface area contributed by atoms with Gasteiger partial charge in [0.15, 0.2) is 0 Å². The van der Waals surface area contributed by atoms with Crippen LogP contribution in [0.25, 0.3) is 0 Å². The summed E-state index contributed by atoms with van der Waals surface area (Å²) in [5.74, 6) is 0. The van der Waals surface area contributed by atoms with E-state index in [2.05, 4.69) is 33.4 Å². The summed E-state index contributed by atoms with van der Waals surface area (Å²) in [6, 6.07) is 2.86. The van der Waals surface area contributed by atoms with Gasteiger partial charge in [0.2, 0.25) is 0 Å². The zero-order valence-corrected chi connectivity index (χ0v) is 17.4. The van der Waals surface area contributed by atoms with E-state index < -0.39 is 8.07 Å². The third kappa shape index (κ3) is 7.37. The normalized spacial score (nSPS) is 19.7. The number of rotatable bonds is 6. The second kappa shape index (κ2) is 12.1. The smallest absolute Gasteiger partial charge is 0.0855 e. The van der Waals surface area contributed by atoms with Crippen molar-refractivity contribution in [3.63, 3.8) is 0 Å². The molecule has 0 aromatic rings. The van der Waals surface area contributed by atoms with E-state index in [0.717, 1.165) is 6.54 Å². The molecule has 134 valence electrons. The van der Waals surface area contributed by atoms with Gasteiger partial charge in [-0.3, -0.25) is 4.99 Å². The highest BCUT2D eigenvalue weighted by Crippen LogP contribution is 2.30. The van der Waals surface area contributed by atoms with Gasteiger partial charge in [0.05, 0.1) is 8.07 Å². The molecule has 1 aliphatic heterocycles. The molecule has 1 aliphatic rings. The van der Waals surface area contributed by atoms with Crippen molar-refractivity contribution in [3.8, 4) is 0 Å². The van der Waals surface area contributed by atoms with Crippen LogP contribution in [0.3, 0.4) is 0 Å². The summed E-state index contributed by atoms with van der Waals surface area (Å²) in [5.41, 5.74) is 1.50. The highest BCUT2D eigenvalue weighted by molar-refractivity contribution is 6.89. The molecule has 1 heterocycles. The van der Waals surface area contributed by atoms with Crippen LogP contribution >= 0.6 is 0 Å². The van der Waals surface area contributed by atoms with Gasteiger partial charge >= 0.3 is 0 Å². The van der Waals surface area contributed by atoms with Gasteiger partial charge in [0.25, 0.3) is 0 Å². The third-order valence-corrected chi connectivity index (χ3v) is 10.6. The van der Waals surface area contributed by atoms with Gasteiger partial charge < -0.3 is 0 Å². The summed E-state index contributed by atoms with van der Waals surface area (Å²) in [4.78, 5) is 5.14. The van der Waals surface area contributed by atoms with E-state index in [1.165, 1.54) is 88.4 Å². The molecule has 0 unspecified atom stereocenters. The van der Waals surface area contributed by atoms with E-state index in [1.807, 2.05) is 0 Å². The monoisotopic (exact) mass is 335 g/mol. The molecule has 0 spiro atoms. The fraction of sp³-hybridized carbons (Fsp3) is 0.857. The van der Waals surface area contributed by atoms with Crippen molar-refractivity contribution < 1.29 is 0 Å². The Morgan fingerprint density at radius 1 is 0.913 bits per heavy atom. The van der Waals surface area contributed by atoms with E-state index in [9.17, 15) is 0 Å². The van der Waals surface area contributed by atoms with Crippen LogP contribution in [0.1, 0.15) is 91.4 Å². The first-order valence-corrected chi connectivity index (χ1v) is 13.3. The van der Waals surface area contributed by atoms with Crippen LogP contribution in [0.2, 0.25) is 18.6 Å². The maximum Gasteiger partial charge on any atom is 0.0855 e. The van der Waals surface area contributed by atoms with E-state index in [1.54, 1.807) is 5.20 Å². The minimum absolute atomic E-state index is 1.06. The minimum atomic E-state index is -1.33. The maximum atomic E-state index is 5.14. The Kier molecular flexibility index (Phi) is 10.8. The number of allylic oxidation sites excluding steroid dienone is 2. The van der Waals surface area contributed by atoms with E-state index in [0.29, 0.717) is 0 Å². The van der Waals surface area contributed by atoms with Gasteiger partial charge in [-0.05, 0) is 31.4 Å². The van der Waals surface area contributed by atoms with Crippen LogP contribution in [0, 0.1) is 0 Å². The number of aliphatic imine (C=N–C) groups is 1. The van der Waals surface area contributed by atoms with Crippen LogP contribution in [-0.4, -0.2) is 20.3 Å². The molecule has 0 aromatic carbocycles.